The van der Waals surface area contributed by atoms with E-state index >= 15 is 0 Å². The lowest BCUT2D eigenvalue weighted by atomic mass is 10.1. The largest absolute Gasteiger partial charge is 0.480 e. The van der Waals surface area contributed by atoms with Crippen LogP contribution in [0.25, 0.3) is 0 Å². The van der Waals surface area contributed by atoms with Crippen LogP contribution in [0.2, 0.25) is 0 Å². The Balaban J connectivity index is 1.57. The molecule has 1 atom stereocenters. The minimum Gasteiger partial charge on any atom is -0.480 e. The SMILES string of the molecule is O=C(CCCCCNC(=O)OCc1ccccc1)N[C@H](Cc1ccc(Br)cc1)C(=O)O. The number of benzene rings is 2. The first-order chi connectivity index (χ1) is 14.9. The van der Waals surface area contributed by atoms with Gasteiger partial charge in [-0.25, -0.2) is 9.59 Å². The van der Waals surface area contributed by atoms with E-state index in [1.165, 1.54) is 0 Å². The van der Waals surface area contributed by atoms with E-state index in [0.29, 0.717) is 19.4 Å². The average molecular weight is 491 g/mol. The normalized spacial score (nSPS) is 11.4. The van der Waals surface area contributed by atoms with Gasteiger partial charge in [0.2, 0.25) is 5.91 Å². The highest BCUT2D eigenvalue weighted by atomic mass is 79.9. The van der Waals surface area contributed by atoms with E-state index < -0.39 is 18.1 Å². The van der Waals surface area contributed by atoms with E-state index in [2.05, 4.69) is 26.6 Å². The summed E-state index contributed by atoms with van der Waals surface area (Å²) in [6, 6.07) is 15.8. The maximum Gasteiger partial charge on any atom is 0.407 e. The van der Waals surface area contributed by atoms with E-state index in [4.69, 9.17) is 4.74 Å². The fourth-order valence-electron chi connectivity index (χ4n) is 2.87. The third-order valence-corrected chi connectivity index (χ3v) is 5.08. The van der Waals surface area contributed by atoms with Crippen LogP contribution in [0.4, 0.5) is 4.79 Å². The Bertz CT molecular complexity index is 843. The molecule has 2 rings (SSSR count). The van der Waals surface area contributed by atoms with Crippen molar-refractivity contribution in [3.8, 4) is 0 Å². The number of halogens is 1. The molecule has 0 fully saturated rings. The molecule has 0 aliphatic rings. The molecule has 2 amide bonds. The number of carbonyl (C=O) groups is 3. The quantitative estimate of drug-likeness (QED) is 0.389. The van der Waals surface area contributed by atoms with Gasteiger partial charge in [0.15, 0.2) is 0 Å². The first-order valence-corrected chi connectivity index (χ1v) is 10.9. The fourth-order valence-corrected chi connectivity index (χ4v) is 3.14. The van der Waals surface area contributed by atoms with Gasteiger partial charge < -0.3 is 20.5 Å². The van der Waals surface area contributed by atoms with E-state index in [-0.39, 0.29) is 25.4 Å². The summed E-state index contributed by atoms with van der Waals surface area (Å²) in [4.78, 5) is 35.2. The van der Waals surface area contributed by atoms with Crippen molar-refractivity contribution in [3.05, 3.63) is 70.2 Å². The topological polar surface area (TPSA) is 105 Å². The summed E-state index contributed by atoms with van der Waals surface area (Å²) < 4.78 is 6.03. The summed E-state index contributed by atoms with van der Waals surface area (Å²) in [5, 5.41) is 14.6. The molecule has 31 heavy (non-hydrogen) atoms. The molecule has 0 saturated carbocycles. The number of hydrogen-bond acceptors (Lipinski definition) is 4. The number of ether oxygens (including phenoxy) is 1. The van der Waals surface area contributed by atoms with Gasteiger partial charge in [-0.15, -0.1) is 0 Å². The highest BCUT2D eigenvalue weighted by Crippen LogP contribution is 2.12. The predicted octanol–water partition coefficient (Wildman–Crippen LogP) is 4.05. The first kappa shape index (κ1) is 24.4. The predicted molar refractivity (Wildman–Crippen MR) is 121 cm³/mol. The van der Waals surface area contributed by atoms with E-state index in [1.807, 2.05) is 54.6 Å². The third-order valence-electron chi connectivity index (χ3n) is 4.55. The van der Waals surface area contributed by atoms with Crippen molar-refractivity contribution in [2.75, 3.05) is 6.54 Å². The molecule has 3 N–H and O–H groups in total. The summed E-state index contributed by atoms with van der Waals surface area (Å²) in [5.41, 5.74) is 1.75. The van der Waals surface area contributed by atoms with Crippen LogP contribution in [0.15, 0.2) is 59.1 Å². The Kier molecular flexibility index (Phi) is 10.6. The van der Waals surface area contributed by atoms with Crippen LogP contribution in [-0.4, -0.2) is 35.7 Å². The number of aliphatic carboxylic acids is 1. The molecule has 0 aliphatic heterocycles. The molecule has 2 aromatic carbocycles. The number of rotatable bonds is 12. The second-order valence-electron chi connectivity index (χ2n) is 7.09. The number of amides is 2. The zero-order valence-corrected chi connectivity index (χ0v) is 18.8. The molecule has 2 aromatic rings. The monoisotopic (exact) mass is 490 g/mol. The van der Waals surface area contributed by atoms with Crippen molar-refractivity contribution in [3.63, 3.8) is 0 Å². The zero-order chi connectivity index (χ0) is 22.5. The molecule has 0 bridgehead atoms. The van der Waals surface area contributed by atoms with Crippen molar-refractivity contribution in [1.29, 1.82) is 0 Å². The molecule has 0 unspecified atom stereocenters. The third kappa shape index (κ3) is 10.1. The molecular formula is C23H27BrN2O5. The number of hydrogen-bond donors (Lipinski definition) is 3. The number of carboxylic acid groups (broad SMARTS) is 1. The summed E-state index contributed by atoms with van der Waals surface area (Å²) in [6.07, 6.45) is 2.04. The molecule has 0 heterocycles. The van der Waals surface area contributed by atoms with Gasteiger partial charge in [0.05, 0.1) is 0 Å². The lowest BCUT2D eigenvalue weighted by Gasteiger charge is -2.15. The van der Waals surface area contributed by atoms with Crippen molar-refractivity contribution in [1.82, 2.24) is 10.6 Å². The standard InChI is InChI=1S/C23H27BrN2O5/c24-19-12-10-17(11-13-19)15-20(22(28)29)26-21(27)9-5-2-6-14-25-23(30)31-16-18-7-3-1-4-8-18/h1,3-4,7-8,10-13,20H,2,5-6,9,14-16H2,(H,25,30)(H,26,27)(H,28,29)/t20-/m1/s1. The highest BCUT2D eigenvalue weighted by molar-refractivity contribution is 9.10. The van der Waals surface area contributed by atoms with Crippen LogP contribution >= 0.6 is 15.9 Å². The molecule has 0 aromatic heterocycles. The van der Waals surface area contributed by atoms with Crippen molar-refractivity contribution in [2.24, 2.45) is 0 Å². The molecule has 7 nitrogen and oxygen atoms in total. The number of carboxylic acids is 1. The Morgan fingerprint density at radius 1 is 0.935 bits per heavy atom. The lowest BCUT2D eigenvalue weighted by molar-refractivity contribution is -0.141. The van der Waals surface area contributed by atoms with Gasteiger partial charge in [-0.1, -0.05) is 64.8 Å². The van der Waals surface area contributed by atoms with Crippen LogP contribution in [0.5, 0.6) is 0 Å². The molecular weight excluding hydrogens is 464 g/mol. The molecule has 0 spiro atoms. The second-order valence-corrected chi connectivity index (χ2v) is 8.00. The molecule has 8 heteroatoms. The maximum atomic E-state index is 12.1. The average Bonchev–Trinajstić information content (AvgIpc) is 2.76. The summed E-state index contributed by atoms with van der Waals surface area (Å²) >= 11 is 3.34. The maximum absolute atomic E-state index is 12.1. The minimum absolute atomic E-state index is 0.220. The Hall–Kier alpha value is -2.87. The first-order valence-electron chi connectivity index (χ1n) is 10.1. The van der Waals surface area contributed by atoms with Crippen molar-refractivity contribution < 1.29 is 24.2 Å². The highest BCUT2D eigenvalue weighted by Gasteiger charge is 2.20. The summed E-state index contributed by atoms with van der Waals surface area (Å²) in [5.74, 6) is -1.35. The molecule has 0 radical (unpaired) electrons. The Morgan fingerprint density at radius 2 is 1.65 bits per heavy atom. The smallest absolute Gasteiger partial charge is 0.407 e. The van der Waals surface area contributed by atoms with Crippen LogP contribution in [0, 0.1) is 0 Å². The van der Waals surface area contributed by atoms with Crippen molar-refractivity contribution in [2.45, 2.75) is 44.8 Å². The van der Waals surface area contributed by atoms with Gasteiger partial charge in [0, 0.05) is 23.9 Å². The lowest BCUT2D eigenvalue weighted by Crippen LogP contribution is -2.42. The second kappa shape index (κ2) is 13.4. The summed E-state index contributed by atoms with van der Waals surface area (Å²) in [6.45, 7) is 0.675. The number of nitrogens with one attached hydrogen (secondary N) is 2. The van der Waals surface area contributed by atoms with E-state index in [9.17, 15) is 19.5 Å². The zero-order valence-electron chi connectivity index (χ0n) is 17.2. The fraction of sp³-hybridized carbons (Fsp3) is 0.348. The van der Waals surface area contributed by atoms with E-state index in [0.717, 1.165) is 22.0 Å². The molecule has 166 valence electrons. The molecule has 0 saturated heterocycles. The molecule has 0 aliphatic carbocycles. The van der Waals surface area contributed by atoms with Gasteiger partial charge in [-0.05, 0) is 36.1 Å². The van der Waals surface area contributed by atoms with Crippen LogP contribution in [-0.2, 0) is 27.4 Å². The number of unbranched alkanes of at least 4 members (excludes halogenated alkanes) is 2. The van der Waals surface area contributed by atoms with Crippen LogP contribution in [0.3, 0.4) is 0 Å². The number of carbonyl (C=O) groups excluding carboxylic acids is 2. The van der Waals surface area contributed by atoms with Crippen LogP contribution in [0.1, 0.15) is 36.8 Å². The van der Waals surface area contributed by atoms with Crippen molar-refractivity contribution >= 4 is 33.9 Å². The van der Waals surface area contributed by atoms with Gasteiger partial charge in [0.25, 0.3) is 0 Å². The van der Waals surface area contributed by atoms with Gasteiger partial charge in [0.1, 0.15) is 12.6 Å². The summed E-state index contributed by atoms with van der Waals surface area (Å²) in [7, 11) is 0. The Morgan fingerprint density at radius 3 is 2.32 bits per heavy atom. The minimum atomic E-state index is -1.06. The van der Waals surface area contributed by atoms with Crippen LogP contribution < -0.4 is 10.6 Å². The van der Waals surface area contributed by atoms with Gasteiger partial charge in [-0.2, -0.15) is 0 Å². The van der Waals surface area contributed by atoms with Gasteiger partial charge >= 0.3 is 12.1 Å². The Labute approximate surface area is 190 Å². The van der Waals surface area contributed by atoms with Gasteiger partial charge in [-0.3, -0.25) is 4.79 Å². The number of alkyl carbamates (subject to hydrolysis) is 1. The van der Waals surface area contributed by atoms with E-state index in [1.54, 1.807) is 0 Å².